The standard InChI is InChI=1S/C20H16ClNO3S2/c1-2-25-16(23)12-15-17(22-10-4-3-5-11-22)20(26)27-19(15)18(24)13-6-8-14(21)9-7-13/h3-11H,2,12H2,1H3. The molecule has 0 saturated heterocycles. The third-order valence-corrected chi connectivity index (χ3v) is 5.57. The van der Waals surface area contributed by atoms with Crippen LogP contribution in [0.15, 0.2) is 59.1 Å². The molecule has 0 aliphatic rings. The van der Waals surface area contributed by atoms with E-state index in [0.29, 0.717) is 30.9 Å². The molecular weight excluding hydrogens is 402 g/mol. The molecule has 0 radical (unpaired) electrons. The molecule has 2 heterocycles. The second-order valence-corrected chi connectivity index (χ2v) is 7.77. The molecule has 0 amide bonds. The summed E-state index contributed by atoms with van der Waals surface area (Å²) in [7, 11) is 0. The number of hydrogen-bond donors (Lipinski definition) is 0. The predicted molar refractivity (Wildman–Crippen MR) is 107 cm³/mol. The largest absolute Gasteiger partial charge is 0.466 e. The first kappa shape index (κ1) is 19.5. The lowest BCUT2D eigenvalue weighted by atomic mass is 10.0. The minimum Gasteiger partial charge on any atom is -0.466 e. The molecule has 0 unspecified atom stereocenters. The van der Waals surface area contributed by atoms with Gasteiger partial charge in [-0.25, -0.2) is 0 Å². The van der Waals surface area contributed by atoms with Gasteiger partial charge in [0, 0.05) is 28.3 Å². The SMILES string of the molecule is CCOC(=O)Cc1c(C(=O)c2ccc(Cl)cc2)sc([S-])c1-[n+]1ccccc1. The Kier molecular flexibility index (Phi) is 6.21. The number of carbonyl (C=O) groups is 2. The van der Waals surface area contributed by atoms with E-state index in [2.05, 4.69) is 0 Å². The van der Waals surface area contributed by atoms with Gasteiger partial charge in [0.05, 0.1) is 13.0 Å². The summed E-state index contributed by atoms with van der Waals surface area (Å²) in [6, 6.07) is 12.3. The molecule has 0 fully saturated rings. The number of hydrogen-bond acceptors (Lipinski definition) is 5. The van der Waals surface area contributed by atoms with Crippen molar-refractivity contribution in [3.05, 3.63) is 75.9 Å². The van der Waals surface area contributed by atoms with Gasteiger partial charge in [-0.15, -0.1) is 0 Å². The van der Waals surface area contributed by atoms with E-state index >= 15 is 0 Å². The first-order valence-electron chi connectivity index (χ1n) is 8.26. The van der Waals surface area contributed by atoms with E-state index in [0.717, 1.165) is 0 Å². The van der Waals surface area contributed by atoms with Crippen LogP contribution in [0.4, 0.5) is 0 Å². The van der Waals surface area contributed by atoms with Crippen LogP contribution in [0.5, 0.6) is 0 Å². The fourth-order valence-corrected chi connectivity index (χ4v) is 4.30. The topological polar surface area (TPSA) is 47.3 Å². The third kappa shape index (κ3) is 4.35. The van der Waals surface area contributed by atoms with Gasteiger partial charge in [0.1, 0.15) is 0 Å². The molecule has 0 spiro atoms. The quantitative estimate of drug-likeness (QED) is 0.264. The van der Waals surface area contributed by atoms with E-state index in [9.17, 15) is 9.59 Å². The summed E-state index contributed by atoms with van der Waals surface area (Å²) in [4.78, 5) is 25.7. The molecule has 0 bridgehead atoms. The van der Waals surface area contributed by atoms with Crippen molar-refractivity contribution in [1.29, 1.82) is 0 Å². The molecule has 3 aromatic rings. The van der Waals surface area contributed by atoms with Crippen LogP contribution >= 0.6 is 22.9 Å². The van der Waals surface area contributed by atoms with Gasteiger partial charge in [0.2, 0.25) is 5.69 Å². The Balaban J connectivity index is 2.11. The number of aromatic nitrogens is 1. The summed E-state index contributed by atoms with van der Waals surface area (Å²) in [5, 5.41) is 0.550. The molecule has 3 rings (SSSR count). The number of carbonyl (C=O) groups excluding carboxylic acids is 2. The second kappa shape index (κ2) is 8.61. The van der Waals surface area contributed by atoms with Gasteiger partial charge < -0.3 is 28.7 Å². The zero-order valence-corrected chi connectivity index (χ0v) is 16.9. The van der Waals surface area contributed by atoms with Crippen LogP contribution in [0.1, 0.15) is 27.7 Å². The Hall–Kier alpha value is -2.28. The van der Waals surface area contributed by atoms with Crippen LogP contribution in [0, 0.1) is 0 Å². The normalized spacial score (nSPS) is 10.6. The number of thiophene rings is 1. The Morgan fingerprint density at radius 1 is 1.15 bits per heavy atom. The maximum absolute atomic E-state index is 13.1. The van der Waals surface area contributed by atoms with Crippen LogP contribution in [0.3, 0.4) is 0 Å². The van der Waals surface area contributed by atoms with Crippen molar-refractivity contribution in [3.8, 4) is 5.69 Å². The molecule has 0 aliphatic heterocycles. The fourth-order valence-electron chi connectivity index (χ4n) is 2.68. The minimum absolute atomic E-state index is 0.0210. The Bertz CT molecular complexity index is 969. The van der Waals surface area contributed by atoms with Gasteiger partial charge in [-0.3, -0.25) is 9.59 Å². The monoisotopic (exact) mass is 417 g/mol. The molecule has 1 aromatic carbocycles. The predicted octanol–water partition coefficient (Wildman–Crippen LogP) is 3.92. The molecule has 2 aromatic heterocycles. The summed E-state index contributed by atoms with van der Waals surface area (Å²) in [5.41, 5.74) is 1.74. The van der Waals surface area contributed by atoms with Crippen molar-refractivity contribution in [2.45, 2.75) is 17.6 Å². The first-order chi connectivity index (χ1) is 13.0. The summed E-state index contributed by atoms with van der Waals surface area (Å²) in [6.45, 7) is 2.02. The lowest BCUT2D eigenvalue weighted by molar-refractivity contribution is -0.598. The highest BCUT2D eigenvalue weighted by Gasteiger charge is 2.25. The zero-order valence-electron chi connectivity index (χ0n) is 14.5. The van der Waals surface area contributed by atoms with Crippen molar-refractivity contribution >= 4 is 47.3 Å². The van der Waals surface area contributed by atoms with Crippen molar-refractivity contribution in [1.82, 2.24) is 0 Å². The highest BCUT2D eigenvalue weighted by Crippen LogP contribution is 2.32. The van der Waals surface area contributed by atoms with Crippen LogP contribution in [0.2, 0.25) is 5.02 Å². The average Bonchev–Trinajstić information content (AvgIpc) is 2.98. The summed E-state index contributed by atoms with van der Waals surface area (Å²) in [6.07, 6.45) is 3.65. The van der Waals surface area contributed by atoms with E-state index in [4.69, 9.17) is 29.0 Å². The second-order valence-electron chi connectivity index (χ2n) is 5.65. The lowest BCUT2D eigenvalue weighted by Crippen LogP contribution is -2.31. The average molecular weight is 418 g/mol. The third-order valence-electron chi connectivity index (χ3n) is 3.86. The van der Waals surface area contributed by atoms with E-state index in [-0.39, 0.29) is 18.8 Å². The maximum Gasteiger partial charge on any atom is 0.310 e. The van der Waals surface area contributed by atoms with Gasteiger partial charge in [0.15, 0.2) is 18.2 Å². The molecule has 0 aliphatic carbocycles. The van der Waals surface area contributed by atoms with Crippen molar-refractivity contribution in [2.24, 2.45) is 0 Å². The van der Waals surface area contributed by atoms with Crippen LogP contribution in [0.25, 0.3) is 5.69 Å². The smallest absolute Gasteiger partial charge is 0.310 e. The number of ketones is 1. The van der Waals surface area contributed by atoms with E-state index in [1.165, 1.54) is 11.3 Å². The molecule has 4 nitrogen and oxygen atoms in total. The molecule has 7 heteroatoms. The summed E-state index contributed by atoms with van der Waals surface area (Å²) in [5.74, 6) is -0.585. The van der Waals surface area contributed by atoms with Crippen molar-refractivity contribution < 1.29 is 18.9 Å². The van der Waals surface area contributed by atoms with Gasteiger partial charge in [-0.1, -0.05) is 17.7 Å². The highest BCUT2D eigenvalue weighted by molar-refractivity contribution is 7.63. The van der Waals surface area contributed by atoms with Gasteiger partial charge in [0.25, 0.3) is 0 Å². The van der Waals surface area contributed by atoms with Crippen LogP contribution in [-0.4, -0.2) is 18.4 Å². The number of pyridine rings is 1. The van der Waals surface area contributed by atoms with E-state index < -0.39 is 5.97 Å². The number of halogens is 1. The maximum atomic E-state index is 13.1. The molecule has 0 atom stereocenters. The van der Waals surface area contributed by atoms with Crippen LogP contribution < -0.4 is 4.57 Å². The zero-order chi connectivity index (χ0) is 19.4. The first-order valence-corrected chi connectivity index (χ1v) is 9.86. The Labute approximate surface area is 171 Å². The number of rotatable bonds is 6. The Morgan fingerprint density at radius 3 is 2.44 bits per heavy atom. The number of benzene rings is 1. The molecular formula is C20H16ClNO3S2. The highest BCUT2D eigenvalue weighted by atomic mass is 35.5. The summed E-state index contributed by atoms with van der Waals surface area (Å²) >= 11 is 12.6. The van der Waals surface area contributed by atoms with Crippen molar-refractivity contribution in [3.63, 3.8) is 0 Å². The van der Waals surface area contributed by atoms with E-state index in [1.54, 1.807) is 31.2 Å². The fraction of sp³-hybridized carbons (Fsp3) is 0.150. The Morgan fingerprint density at radius 2 is 1.81 bits per heavy atom. The number of ether oxygens (including phenoxy) is 1. The number of nitrogens with zero attached hydrogens (tertiary/aromatic N) is 1. The summed E-state index contributed by atoms with van der Waals surface area (Å²) < 4.78 is 7.47. The van der Waals surface area contributed by atoms with Gasteiger partial charge in [-0.2, -0.15) is 4.57 Å². The van der Waals surface area contributed by atoms with Crippen LogP contribution in [-0.2, 0) is 28.6 Å². The van der Waals surface area contributed by atoms with Gasteiger partial charge >= 0.3 is 5.97 Å². The molecule has 27 heavy (non-hydrogen) atoms. The van der Waals surface area contributed by atoms with E-state index in [1.807, 2.05) is 35.2 Å². The van der Waals surface area contributed by atoms with Gasteiger partial charge in [-0.05, 0) is 40.3 Å². The number of esters is 1. The molecule has 0 N–H and O–H groups in total. The molecule has 138 valence electrons. The molecule has 0 saturated carbocycles. The minimum atomic E-state index is -0.395. The van der Waals surface area contributed by atoms with Crippen molar-refractivity contribution in [2.75, 3.05) is 6.61 Å². The lowest BCUT2D eigenvalue weighted by Gasteiger charge is -2.07.